The molecule has 2 heterocycles. The first kappa shape index (κ1) is 22.1. The fourth-order valence-corrected chi connectivity index (χ4v) is 5.05. The van der Waals surface area contributed by atoms with Crippen molar-refractivity contribution in [1.29, 1.82) is 10.5 Å². The van der Waals surface area contributed by atoms with E-state index in [1.54, 1.807) is 32.0 Å². The fourth-order valence-electron chi connectivity index (χ4n) is 3.90. The first-order valence-corrected chi connectivity index (χ1v) is 11.6. The number of nitriles is 2. The maximum Gasteiger partial charge on any atom is 0.238 e. The fraction of sp³-hybridized carbons (Fsp3) is 0.174. The number of sulfonamides is 1. The second-order valence-electron chi connectivity index (χ2n) is 7.72. The molecule has 0 bridgehead atoms. The summed E-state index contributed by atoms with van der Waals surface area (Å²) >= 11 is 0. The molecule has 1 aromatic heterocycles. The number of halogens is 1. The smallest absolute Gasteiger partial charge is 0.238 e. The van der Waals surface area contributed by atoms with Gasteiger partial charge in [-0.15, -0.1) is 0 Å². The molecule has 0 saturated heterocycles. The molecule has 0 aliphatic carbocycles. The van der Waals surface area contributed by atoms with Crippen LogP contribution in [0.3, 0.4) is 0 Å². The molecule has 3 aromatic rings. The Hall–Kier alpha value is -4.15. The molecule has 0 atom stereocenters. The van der Waals surface area contributed by atoms with E-state index in [-0.39, 0.29) is 11.6 Å². The number of hydrogen-bond acceptors (Lipinski definition) is 6. The Morgan fingerprint density at radius 3 is 2.30 bits per heavy atom. The van der Waals surface area contributed by atoms with Crippen LogP contribution in [0.4, 0.5) is 10.2 Å². The van der Waals surface area contributed by atoms with E-state index in [2.05, 4.69) is 32.4 Å². The number of allylic oxidation sites excluding steroid dienone is 4. The van der Waals surface area contributed by atoms with Gasteiger partial charge in [0, 0.05) is 16.8 Å². The lowest BCUT2D eigenvalue weighted by Gasteiger charge is -2.26. The number of rotatable bonds is 5. The van der Waals surface area contributed by atoms with Crippen LogP contribution >= 0.6 is 0 Å². The van der Waals surface area contributed by atoms with E-state index in [0.29, 0.717) is 44.6 Å². The molecule has 2 aromatic carbocycles. The first-order chi connectivity index (χ1) is 15.7. The molecule has 8 nitrogen and oxygen atoms in total. The highest BCUT2D eigenvalue weighted by atomic mass is 32.2. The summed E-state index contributed by atoms with van der Waals surface area (Å²) in [5.74, 6) is -1.28. The molecule has 3 N–H and O–H groups in total. The Bertz CT molecular complexity index is 1470. The Morgan fingerprint density at radius 1 is 1.06 bits per heavy atom. The molecule has 0 fully saturated rings. The summed E-state index contributed by atoms with van der Waals surface area (Å²) in [5, 5.41) is 29.9. The van der Waals surface area contributed by atoms with Crippen LogP contribution in [0.15, 0.2) is 65.0 Å². The van der Waals surface area contributed by atoms with Gasteiger partial charge in [-0.3, -0.25) is 9.82 Å². The second kappa shape index (κ2) is 8.41. The molecule has 1 aliphatic heterocycles. The van der Waals surface area contributed by atoms with E-state index in [4.69, 9.17) is 0 Å². The zero-order valence-corrected chi connectivity index (χ0v) is 18.6. The molecule has 0 spiro atoms. The van der Waals surface area contributed by atoms with E-state index >= 15 is 0 Å². The molecule has 0 amide bonds. The highest BCUT2D eigenvalue weighted by molar-refractivity contribution is 7.91. The summed E-state index contributed by atoms with van der Waals surface area (Å²) < 4.78 is 41.0. The Labute approximate surface area is 190 Å². The number of hydrogen-bond donors (Lipinski definition) is 3. The first-order valence-electron chi connectivity index (χ1n) is 9.94. The predicted molar refractivity (Wildman–Crippen MR) is 121 cm³/mol. The van der Waals surface area contributed by atoms with E-state index in [1.807, 2.05) is 0 Å². The summed E-state index contributed by atoms with van der Waals surface area (Å²) in [6, 6.07) is 14.8. The largest absolute Gasteiger partial charge is 0.361 e. The third-order valence-corrected chi connectivity index (χ3v) is 6.66. The van der Waals surface area contributed by atoms with Gasteiger partial charge in [0.25, 0.3) is 0 Å². The number of aromatic nitrogens is 2. The third kappa shape index (κ3) is 4.29. The Balaban J connectivity index is 1.72. The minimum Gasteiger partial charge on any atom is -0.361 e. The van der Waals surface area contributed by atoms with Crippen molar-refractivity contribution >= 4 is 26.7 Å². The summed E-state index contributed by atoms with van der Waals surface area (Å²) in [5.41, 5.74) is 3.83. The topological polar surface area (TPSA) is 134 Å². The van der Waals surface area contributed by atoms with E-state index in [0.717, 1.165) is 0 Å². The van der Waals surface area contributed by atoms with Crippen molar-refractivity contribution in [3.63, 3.8) is 0 Å². The van der Waals surface area contributed by atoms with Gasteiger partial charge in [0.2, 0.25) is 10.0 Å². The molecule has 166 valence electrons. The summed E-state index contributed by atoms with van der Waals surface area (Å²) in [7, 11) is -3.84. The SMILES string of the molecule is CC1=C(C#N)C(c2ccc3[nH]nc(NS(=O)(=O)Cc4ccc(F)cc4)c3c2)C(C#N)=C(C)N1. The molecule has 4 rings (SSSR count). The Morgan fingerprint density at radius 2 is 1.70 bits per heavy atom. The monoisotopic (exact) mass is 462 g/mol. The number of nitrogens with zero attached hydrogens (tertiary/aromatic N) is 3. The van der Waals surface area contributed by atoms with Crippen LogP contribution in [0.1, 0.15) is 30.9 Å². The quantitative estimate of drug-likeness (QED) is 0.526. The Kier molecular flexibility index (Phi) is 5.62. The van der Waals surface area contributed by atoms with Crippen molar-refractivity contribution in [2.75, 3.05) is 4.72 Å². The summed E-state index contributed by atoms with van der Waals surface area (Å²) in [6.45, 7) is 3.54. The molecule has 0 radical (unpaired) electrons. The van der Waals surface area contributed by atoms with Gasteiger partial charge in [-0.25, -0.2) is 12.8 Å². The molecule has 33 heavy (non-hydrogen) atoms. The van der Waals surface area contributed by atoms with Crippen LogP contribution in [-0.2, 0) is 15.8 Å². The van der Waals surface area contributed by atoms with Crippen molar-refractivity contribution in [2.24, 2.45) is 0 Å². The van der Waals surface area contributed by atoms with Crippen molar-refractivity contribution in [1.82, 2.24) is 15.5 Å². The molecular formula is C23H19FN6O2S. The lowest BCUT2D eigenvalue weighted by Crippen LogP contribution is -2.23. The van der Waals surface area contributed by atoms with Gasteiger partial charge in [0.15, 0.2) is 5.82 Å². The van der Waals surface area contributed by atoms with Gasteiger partial charge in [-0.1, -0.05) is 18.2 Å². The standard InChI is InChI=1S/C23H19FN6O2S/c1-13-19(10-25)22(20(11-26)14(2)27-13)16-5-8-21-18(9-16)23(29-28-21)30-33(31,32)12-15-3-6-17(24)7-4-15/h3-9,22,27H,12H2,1-2H3,(H2,28,29,30). The summed E-state index contributed by atoms with van der Waals surface area (Å²) in [4.78, 5) is 0. The number of fused-ring (bicyclic) bond motifs is 1. The number of anilines is 1. The zero-order chi connectivity index (χ0) is 23.8. The number of dihydropyridines is 1. The van der Waals surface area contributed by atoms with Gasteiger partial charge >= 0.3 is 0 Å². The number of H-pyrrole nitrogens is 1. The van der Waals surface area contributed by atoms with Crippen LogP contribution in [0.5, 0.6) is 0 Å². The van der Waals surface area contributed by atoms with Gasteiger partial charge in [0.05, 0.1) is 40.5 Å². The molecule has 1 aliphatic rings. The summed E-state index contributed by atoms with van der Waals surface area (Å²) in [6.07, 6.45) is 0. The third-order valence-electron chi connectivity index (χ3n) is 5.44. The minimum atomic E-state index is -3.84. The van der Waals surface area contributed by atoms with Crippen LogP contribution in [0, 0.1) is 28.5 Å². The number of nitrogens with one attached hydrogen (secondary N) is 3. The maximum absolute atomic E-state index is 13.1. The van der Waals surface area contributed by atoms with Crippen LogP contribution in [-0.4, -0.2) is 18.6 Å². The predicted octanol–water partition coefficient (Wildman–Crippen LogP) is 3.93. The second-order valence-corrected chi connectivity index (χ2v) is 9.45. The van der Waals surface area contributed by atoms with Crippen LogP contribution in [0.25, 0.3) is 10.9 Å². The highest BCUT2D eigenvalue weighted by Crippen LogP contribution is 2.38. The van der Waals surface area contributed by atoms with Crippen molar-refractivity contribution in [3.8, 4) is 12.1 Å². The van der Waals surface area contributed by atoms with Crippen molar-refractivity contribution in [2.45, 2.75) is 25.5 Å². The number of benzene rings is 2. The molecular weight excluding hydrogens is 443 g/mol. The van der Waals surface area contributed by atoms with Crippen molar-refractivity contribution in [3.05, 3.63) is 81.9 Å². The average Bonchev–Trinajstić information content (AvgIpc) is 3.16. The normalized spacial score (nSPS) is 14.7. The molecule has 0 saturated carbocycles. The van der Waals surface area contributed by atoms with Crippen LogP contribution < -0.4 is 10.0 Å². The van der Waals surface area contributed by atoms with Gasteiger partial charge in [-0.05, 0) is 49.2 Å². The van der Waals surface area contributed by atoms with E-state index in [1.165, 1.54) is 24.3 Å². The average molecular weight is 463 g/mol. The van der Waals surface area contributed by atoms with E-state index in [9.17, 15) is 23.3 Å². The lowest BCUT2D eigenvalue weighted by molar-refractivity contribution is 0.599. The molecule has 0 unspecified atom stereocenters. The number of aromatic amines is 1. The van der Waals surface area contributed by atoms with Crippen LogP contribution in [0.2, 0.25) is 0 Å². The van der Waals surface area contributed by atoms with E-state index < -0.39 is 21.8 Å². The van der Waals surface area contributed by atoms with Gasteiger partial charge in [0.1, 0.15) is 5.82 Å². The zero-order valence-electron chi connectivity index (χ0n) is 17.8. The van der Waals surface area contributed by atoms with Gasteiger partial charge in [-0.2, -0.15) is 15.6 Å². The van der Waals surface area contributed by atoms with Crippen molar-refractivity contribution < 1.29 is 12.8 Å². The maximum atomic E-state index is 13.1. The highest BCUT2D eigenvalue weighted by Gasteiger charge is 2.30. The van der Waals surface area contributed by atoms with Gasteiger partial charge < -0.3 is 5.32 Å². The lowest BCUT2D eigenvalue weighted by atomic mass is 9.81. The minimum absolute atomic E-state index is 0.0984. The molecule has 10 heteroatoms.